The quantitative estimate of drug-likeness (QED) is 0.860. The lowest BCUT2D eigenvalue weighted by Crippen LogP contribution is -2.19. The van der Waals surface area contributed by atoms with Crippen molar-refractivity contribution in [2.24, 2.45) is 0 Å². The summed E-state index contributed by atoms with van der Waals surface area (Å²) in [7, 11) is 0. The number of aliphatic hydroxyl groups excluding tert-OH is 1. The molecular formula is C13H15FN4O. The summed E-state index contributed by atoms with van der Waals surface area (Å²) in [5.41, 5.74) is 1.16. The number of rotatable bonds is 5. The highest BCUT2D eigenvalue weighted by Gasteiger charge is 2.06. The summed E-state index contributed by atoms with van der Waals surface area (Å²) in [5.74, 6) is -0.0127. The third-order valence-corrected chi connectivity index (χ3v) is 2.65. The van der Waals surface area contributed by atoms with E-state index in [1.807, 2.05) is 6.92 Å². The Hall–Kier alpha value is -2.08. The van der Waals surface area contributed by atoms with Crippen LogP contribution in [-0.2, 0) is 0 Å². The van der Waals surface area contributed by atoms with Gasteiger partial charge in [-0.1, -0.05) is 19.1 Å². The molecule has 6 heteroatoms. The number of hydrogen-bond acceptors (Lipinski definition) is 5. The highest BCUT2D eigenvalue weighted by Crippen LogP contribution is 2.17. The second-order valence-electron chi connectivity index (χ2n) is 4.12. The molecular weight excluding hydrogens is 247 g/mol. The average Bonchev–Trinajstić information content (AvgIpc) is 2.45. The fourth-order valence-electron chi connectivity index (χ4n) is 1.52. The van der Waals surface area contributed by atoms with Crippen LogP contribution in [0.25, 0.3) is 11.3 Å². The Morgan fingerprint density at radius 1 is 1.42 bits per heavy atom. The zero-order valence-electron chi connectivity index (χ0n) is 10.5. The van der Waals surface area contributed by atoms with Crippen LogP contribution in [0.2, 0.25) is 0 Å². The number of aliphatic hydroxyl groups is 1. The van der Waals surface area contributed by atoms with Gasteiger partial charge in [-0.2, -0.15) is 5.10 Å². The molecule has 0 radical (unpaired) electrons. The molecule has 1 aromatic carbocycles. The van der Waals surface area contributed by atoms with E-state index < -0.39 is 6.10 Å². The van der Waals surface area contributed by atoms with Crippen LogP contribution in [-0.4, -0.2) is 32.9 Å². The maximum Gasteiger partial charge on any atom is 0.243 e. The van der Waals surface area contributed by atoms with Gasteiger partial charge in [-0.3, -0.25) is 0 Å². The molecule has 0 saturated heterocycles. The number of nitrogens with zero attached hydrogens (tertiary/aromatic N) is 3. The zero-order chi connectivity index (χ0) is 13.7. The van der Waals surface area contributed by atoms with E-state index in [0.29, 0.717) is 30.2 Å². The van der Waals surface area contributed by atoms with Crippen LogP contribution in [0.3, 0.4) is 0 Å². The standard InChI is InChI=1S/C13H15FN4O/c1-2-11(19)7-15-13-17-12(8-16-18-13)9-4-3-5-10(14)6-9/h3-6,8,11,19H,2,7H2,1H3,(H,15,17,18). The van der Waals surface area contributed by atoms with Crippen molar-refractivity contribution in [3.63, 3.8) is 0 Å². The molecule has 1 heterocycles. The van der Waals surface area contributed by atoms with Crippen LogP contribution in [0.4, 0.5) is 10.3 Å². The van der Waals surface area contributed by atoms with Crippen LogP contribution < -0.4 is 5.32 Å². The molecule has 1 aromatic heterocycles. The van der Waals surface area contributed by atoms with E-state index in [2.05, 4.69) is 20.5 Å². The molecule has 0 spiro atoms. The molecule has 2 rings (SSSR count). The summed E-state index contributed by atoms with van der Waals surface area (Å²) in [4.78, 5) is 4.23. The second-order valence-corrected chi connectivity index (χ2v) is 4.12. The maximum absolute atomic E-state index is 13.1. The lowest BCUT2D eigenvalue weighted by molar-refractivity contribution is 0.183. The summed E-state index contributed by atoms with van der Waals surface area (Å²) >= 11 is 0. The van der Waals surface area contributed by atoms with Crippen molar-refractivity contribution >= 4 is 5.95 Å². The zero-order valence-corrected chi connectivity index (χ0v) is 10.5. The number of halogens is 1. The van der Waals surface area contributed by atoms with Crippen molar-refractivity contribution < 1.29 is 9.50 Å². The molecule has 1 atom stereocenters. The minimum atomic E-state index is -0.457. The van der Waals surface area contributed by atoms with Crippen LogP contribution >= 0.6 is 0 Å². The van der Waals surface area contributed by atoms with Gasteiger partial charge < -0.3 is 10.4 Å². The van der Waals surface area contributed by atoms with E-state index in [1.165, 1.54) is 18.3 Å². The Labute approximate surface area is 110 Å². The first-order valence-electron chi connectivity index (χ1n) is 6.06. The van der Waals surface area contributed by atoms with Gasteiger partial charge in [-0.25, -0.2) is 9.37 Å². The minimum absolute atomic E-state index is 0.314. The topological polar surface area (TPSA) is 70.9 Å². The summed E-state index contributed by atoms with van der Waals surface area (Å²) in [6.07, 6.45) is 1.65. The lowest BCUT2D eigenvalue weighted by Gasteiger charge is -2.09. The number of hydrogen-bond donors (Lipinski definition) is 2. The van der Waals surface area contributed by atoms with Crippen molar-refractivity contribution in [2.45, 2.75) is 19.4 Å². The van der Waals surface area contributed by atoms with Gasteiger partial charge in [0.15, 0.2) is 0 Å². The van der Waals surface area contributed by atoms with Crippen LogP contribution in [0.1, 0.15) is 13.3 Å². The van der Waals surface area contributed by atoms with Gasteiger partial charge in [0.05, 0.1) is 18.0 Å². The molecule has 5 nitrogen and oxygen atoms in total. The molecule has 0 amide bonds. The Kier molecular flexibility index (Phi) is 4.35. The average molecular weight is 262 g/mol. The maximum atomic E-state index is 13.1. The van der Waals surface area contributed by atoms with E-state index >= 15 is 0 Å². The third kappa shape index (κ3) is 3.69. The van der Waals surface area contributed by atoms with Crippen molar-refractivity contribution in [3.05, 3.63) is 36.3 Å². The molecule has 2 aromatic rings. The van der Waals surface area contributed by atoms with Crippen molar-refractivity contribution in [1.82, 2.24) is 15.2 Å². The van der Waals surface area contributed by atoms with Gasteiger partial charge >= 0.3 is 0 Å². The fraction of sp³-hybridized carbons (Fsp3) is 0.308. The molecule has 1 unspecified atom stereocenters. The number of benzene rings is 1. The number of anilines is 1. The van der Waals surface area contributed by atoms with E-state index in [0.717, 1.165) is 0 Å². The highest BCUT2D eigenvalue weighted by atomic mass is 19.1. The minimum Gasteiger partial charge on any atom is -0.391 e. The van der Waals surface area contributed by atoms with E-state index in [9.17, 15) is 9.50 Å². The Morgan fingerprint density at radius 2 is 2.26 bits per heavy atom. The molecule has 0 saturated carbocycles. The van der Waals surface area contributed by atoms with Gasteiger partial charge in [0.25, 0.3) is 0 Å². The molecule has 0 bridgehead atoms. The van der Waals surface area contributed by atoms with Crippen LogP contribution in [0, 0.1) is 5.82 Å². The molecule has 0 aliphatic carbocycles. The van der Waals surface area contributed by atoms with Gasteiger partial charge in [-0.15, -0.1) is 5.10 Å². The van der Waals surface area contributed by atoms with Gasteiger partial charge in [0, 0.05) is 12.1 Å². The lowest BCUT2D eigenvalue weighted by atomic mass is 10.2. The van der Waals surface area contributed by atoms with E-state index in [4.69, 9.17) is 0 Å². The molecule has 19 heavy (non-hydrogen) atoms. The normalized spacial score (nSPS) is 12.2. The number of nitrogens with one attached hydrogen (secondary N) is 1. The first kappa shape index (κ1) is 13.4. The highest BCUT2D eigenvalue weighted by molar-refractivity contribution is 5.58. The molecule has 100 valence electrons. The fourth-order valence-corrected chi connectivity index (χ4v) is 1.52. The predicted octanol–water partition coefficient (Wildman–Crippen LogP) is 1.86. The molecule has 0 aliphatic heterocycles. The summed E-state index contributed by atoms with van der Waals surface area (Å²) < 4.78 is 13.1. The summed E-state index contributed by atoms with van der Waals surface area (Å²) in [6.45, 7) is 2.24. The smallest absolute Gasteiger partial charge is 0.243 e. The molecule has 2 N–H and O–H groups in total. The van der Waals surface area contributed by atoms with Gasteiger partial charge in [0.1, 0.15) is 5.82 Å². The first-order chi connectivity index (χ1) is 9.19. The predicted molar refractivity (Wildman–Crippen MR) is 70.0 cm³/mol. The van der Waals surface area contributed by atoms with Crippen molar-refractivity contribution in [3.8, 4) is 11.3 Å². The Bertz CT molecular complexity index is 550. The second kappa shape index (κ2) is 6.19. The van der Waals surface area contributed by atoms with Crippen molar-refractivity contribution in [1.29, 1.82) is 0 Å². The Morgan fingerprint density at radius 3 is 3.00 bits per heavy atom. The third-order valence-electron chi connectivity index (χ3n) is 2.65. The van der Waals surface area contributed by atoms with Crippen LogP contribution in [0.5, 0.6) is 0 Å². The SMILES string of the molecule is CCC(O)CNc1nncc(-c2cccc(F)c2)n1. The summed E-state index contributed by atoms with van der Waals surface area (Å²) in [6, 6.07) is 6.11. The molecule has 0 aliphatic rings. The van der Waals surface area contributed by atoms with Crippen molar-refractivity contribution in [2.75, 3.05) is 11.9 Å². The van der Waals surface area contributed by atoms with Crippen LogP contribution in [0.15, 0.2) is 30.5 Å². The monoisotopic (exact) mass is 262 g/mol. The first-order valence-corrected chi connectivity index (χ1v) is 6.06. The van der Waals surface area contributed by atoms with E-state index in [1.54, 1.807) is 12.1 Å². The van der Waals surface area contributed by atoms with Gasteiger partial charge in [-0.05, 0) is 18.6 Å². The van der Waals surface area contributed by atoms with E-state index in [-0.39, 0.29) is 5.82 Å². The van der Waals surface area contributed by atoms with Gasteiger partial charge in [0.2, 0.25) is 5.95 Å². The molecule has 0 fully saturated rings. The number of aromatic nitrogens is 3. The largest absolute Gasteiger partial charge is 0.391 e. The Balaban J connectivity index is 2.15. The summed E-state index contributed by atoms with van der Waals surface area (Å²) in [5, 5.41) is 20.0.